The molecule has 0 fully saturated rings. The van der Waals surface area contributed by atoms with Crippen molar-refractivity contribution in [2.45, 2.75) is 25.3 Å². The van der Waals surface area contributed by atoms with Crippen LogP contribution in [0.2, 0.25) is 0 Å². The van der Waals surface area contributed by atoms with Gasteiger partial charge in [0.05, 0.1) is 6.04 Å². The molecular formula is C12H11F3N4. The number of hydrogen-bond acceptors (Lipinski definition) is 3. The smallest absolute Gasteiger partial charge is 0.239 e. The number of nitrogens with zero attached hydrogens (tertiary/aromatic N) is 3. The molecule has 0 saturated carbocycles. The van der Waals surface area contributed by atoms with Gasteiger partial charge in [-0.05, 0) is 18.9 Å². The van der Waals surface area contributed by atoms with Gasteiger partial charge in [0, 0.05) is 12.0 Å². The van der Waals surface area contributed by atoms with Crippen LogP contribution in [0.5, 0.6) is 0 Å². The monoisotopic (exact) mass is 268 g/mol. The predicted octanol–water partition coefficient (Wildman–Crippen LogP) is 2.20. The highest BCUT2D eigenvalue weighted by Crippen LogP contribution is 2.32. The lowest BCUT2D eigenvalue weighted by Gasteiger charge is -2.24. The summed E-state index contributed by atoms with van der Waals surface area (Å²) < 4.78 is 41.6. The lowest BCUT2D eigenvalue weighted by molar-refractivity contribution is 0.381. The number of anilines is 1. The lowest BCUT2D eigenvalue weighted by Crippen LogP contribution is -2.21. The third kappa shape index (κ3) is 1.85. The highest BCUT2D eigenvalue weighted by atomic mass is 19.2. The Hall–Kier alpha value is -2.05. The van der Waals surface area contributed by atoms with Crippen molar-refractivity contribution in [2.24, 2.45) is 0 Å². The minimum absolute atomic E-state index is 0.0738. The van der Waals surface area contributed by atoms with Crippen molar-refractivity contribution >= 4 is 5.95 Å². The van der Waals surface area contributed by atoms with Crippen LogP contribution >= 0.6 is 0 Å². The molecule has 0 spiro atoms. The zero-order chi connectivity index (χ0) is 13.6. The molecule has 1 aromatic carbocycles. The van der Waals surface area contributed by atoms with Crippen LogP contribution in [0.4, 0.5) is 19.1 Å². The van der Waals surface area contributed by atoms with Crippen molar-refractivity contribution < 1.29 is 13.2 Å². The molecule has 7 heteroatoms. The van der Waals surface area contributed by atoms with E-state index >= 15 is 0 Å². The molecule has 2 aromatic rings. The molecule has 1 aromatic heterocycles. The van der Waals surface area contributed by atoms with Crippen LogP contribution in [-0.2, 0) is 6.42 Å². The minimum Gasteiger partial charge on any atom is -0.366 e. The average Bonchev–Trinajstić information content (AvgIpc) is 2.76. The normalized spacial score (nSPS) is 18.4. The van der Waals surface area contributed by atoms with Crippen LogP contribution in [0.25, 0.3) is 0 Å². The standard InChI is InChI=1S/C12H11F3N4/c13-7-5-4-6(10(14)11(7)15)8-2-1-3-9-17-12(16)18-19(8)9/h4-5,8H,1-3H2,(H2,16,18). The Morgan fingerprint density at radius 3 is 2.79 bits per heavy atom. The van der Waals surface area contributed by atoms with Crippen molar-refractivity contribution in [1.82, 2.24) is 14.8 Å². The van der Waals surface area contributed by atoms with E-state index in [-0.39, 0.29) is 11.5 Å². The third-order valence-electron chi connectivity index (χ3n) is 3.32. The van der Waals surface area contributed by atoms with Gasteiger partial charge in [-0.25, -0.2) is 17.9 Å². The highest BCUT2D eigenvalue weighted by molar-refractivity contribution is 5.26. The van der Waals surface area contributed by atoms with Crippen LogP contribution in [0, 0.1) is 17.5 Å². The molecule has 2 N–H and O–H groups in total. The van der Waals surface area contributed by atoms with Crippen LogP contribution in [-0.4, -0.2) is 14.8 Å². The van der Waals surface area contributed by atoms with Crippen molar-refractivity contribution in [3.63, 3.8) is 0 Å². The molecule has 0 bridgehead atoms. The van der Waals surface area contributed by atoms with Crippen LogP contribution in [0.3, 0.4) is 0 Å². The zero-order valence-electron chi connectivity index (χ0n) is 9.91. The summed E-state index contributed by atoms with van der Waals surface area (Å²) in [6.07, 6.45) is 2.03. The zero-order valence-corrected chi connectivity index (χ0v) is 9.91. The van der Waals surface area contributed by atoms with E-state index in [1.54, 1.807) is 0 Å². The van der Waals surface area contributed by atoms with E-state index in [9.17, 15) is 13.2 Å². The fourth-order valence-corrected chi connectivity index (χ4v) is 2.46. The molecule has 0 radical (unpaired) electrons. The lowest BCUT2D eigenvalue weighted by atomic mass is 9.97. The maximum absolute atomic E-state index is 13.8. The van der Waals surface area contributed by atoms with Gasteiger partial charge in [0.1, 0.15) is 5.82 Å². The van der Waals surface area contributed by atoms with E-state index in [2.05, 4.69) is 10.1 Å². The number of hydrogen-bond donors (Lipinski definition) is 1. The van der Waals surface area contributed by atoms with Gasteiger partial charge in [-0.1, -0.05) is 6.07 Å². The molecule has 4 nitrogen and oxygen atoms in total. The molecule has 1 aliphatic heterocycles. The predicted molar refractivity (Wildman–Crippen MR) is 61.8 cm³/mol. The summed E-state index contributed by atoms with van der Waals surface area (Å²) in [4.78, 5) is 4.04. The first-order chi connectivity index (χ1) is 9.08. The van der Waals surface area contributed by atoms with Gasteiger partial charge in [0.25, 0.3) is 0 Å². The second-order valence-electron chi connectivity index (χ2n) is 4.50. The maximum atomic E-state index is 13.8. The van der Waals surface area contributed by atoms with Gasteiger partial charge in [0.2, 0.25) is 5.95 Å². The molecule has 1 aliphatic rings. The number of nitrogens with two attached hydrogens (primary N) is 1. The average molecular weight is 268 g/mol. The summed E-state index contributed by atoms with van der Waals surface area (Å²) in [7, 11) is 0. The van der Waals surface area contributed by atoms with Gasteiger partial charge in [-0.3, -0.25) is 0 Å². The van der Waals surface area contributed by atoms with Crippen molar-refractivity contribution in [3.8, 4) is 0 Å². The Balaban J connectivity index is 2.11. The molecular weight excluding hydrogens is 257 g/mol. The van der Waals surface area contributed by atoms with Gasteiger partial charge in [-0.2, -0.15) is 4.98 Å². The Morgan fingerprint density at radius 1 is 1.21 bits per heavy atom. The largest absolute Gasteiger partial charge is 0.366 e. The third-order valence-corrected chi connectivity index (χ3v) is 3.32. The van der Waals surface area contributed by atoms with Gasteiger partial charge in [0.15, 0.2) is 17.5 Å². The van der Waals surface area contributed by atoms with E-state index < -0.39 is 23.5 Å². The molecule has 100 valence electrons. The number of aryl methyl sites for hydroxylation is 1. The Morgan fingerprint density at radius 2 is 2.00 bits per heavy atom. The van der Waals surface area contributed by atoms with Crippen LogP contribution in [0.15, 0.2) is 12.1 Å². The number of fused-ring (bicyclic) bond motifs is 1. The molecule has 0 aliphatic carbocycles. The van der Waals surface area contributed by atoms with Crippen molar-refractivity contribution in [2.75, 3.05) is 5.73 Å². The number of rotatable bonds is 1. The van der Waals surface area contributed by atoms with Crippen molar-refractivity contribution in [1.29, 1.82) is 0 Å². The summed E-state index contributed by atoms with van der Waals surface area (Å²) in [6, 6.07) is 1.66. The second-order valence-corrected chi connectivity index (χ2v) is 4.50. The van der Waals surface area contributed by atoms with E-state index in [1.807, 2.05) is 0 Å². The van der Waals surface area contributed by atoms with Gasteiger partial charge in [-0.15, -0.1) is 5.10 Å². The number of nitrogen functional groups attached to an aromatic ring is 1. The Bertz CT molecular complexity index is 638. The van der Waals surface area contributed by atoms with E-state index in [4.69, 9.17) is 5.73 Å². The molecule has 1 unspecified atom stereocenters. The van der Waals surface area contributed by atoms with Gasteiger partial charge < -0.3 is 5.73 Å². The topological polar surface area (TPSA) is 56.7 Å². The Labute approximate surface area is 107 Å². The first kappa shape index (κ1) is 12.0. The summed E-state index contributed by atoms with van der Waals surface area (Å²) in [5, 5.41) is 4.00. The van der Waals surface area contributed by atoms with Crippen LogP contribution in [0.1, 0.15) is 30.3 Å². The van der Waals surface area contributed by atoms with E-state index in [1.165, 1.54) is 10.7 Å². The first-order valence-corrected chi connectivity index (χ1v) is 5.92. The number of halogens is 3. The summed E-state index contributed by atoms with van der Waals surface area (Å²) in [6.45, 7) is 0. The fourth-order valence-electron chi connectivity index (χ4n) is 2.46. The van der Waals surface area contributed by atoms with Crippen molar-refractivity contribution in [3.05, 3.63) is 41.0 Å². The summed E-state index contributed by atoms with van der Waals surface area (Å²) in [5.41, 5.74) is 5.59. The van der Waals surface area contributed by atoms with E-state index in [0.717, 1.165) is 12.5 Å². The van der Waals surface area contributed by atoms with E-state index in [0.29, 0.717) is 18.7 Å². The summed E-state index contributed by atoms with van der Waals surface area (Å²) in [5.74, 6) is -3.09. The fraction of sp³-hybridized carbons (Fsp3) is 0.333. The Kier molecular flexibility index (Phi) is 2.69. The minimum atomic E-state index is -1.46. The SMILES string of the molecule is Nc1nc2n(n1)C(c1ccc(F)c(F)c1F)CCC2. The highest BCUT2D eigenvalue weighted by Gasteiger charge is 2.28. The van der Waals surface area contributed by atoms with Gasteiger partial charge >= 0.3 is 0 Å². The molecule has 0 amide bonds. The first-order valence-electron chi connectivity index (χ1n) is 5.92. The molecule has 2 heterocycles. The molecule has 1 atom stereocenters. The van der Waals surface area contributed by atoms with Crippen LogP contribution < -0.4 is 5.73 Å². The second kappa shape index (κ2) is 4.25. The molecule has 0 saturated heterocycles. The number of aromatic nitrogens is 3. The molecule has 19 heavy (non-hydrogen) atoms. The number of benzene rings is 1. The maximum Gasteiger partial charge on any atom is 0.239 e. The summed E-state index contributed by atoms with van der Waals surface area (Å²) >= 11 is 0. The quantitative estimate of drug-likeness (QED) is 0.807. The molecule has 3 rings (SSSR count).